The lowest BCUT2D eigenvalue weighted by molar-refractivity contribution is -0.0825. The Labute approximate surface area is 443 Å². The Morgan fingerprint density at radius 1 is 0.632 bits per heavy atom. The van der Waals surface area contributed by atoms with Crippen LogP contribution in [0.4, 0.5) is 0 Å². The minimum atomic E-state index is -0.509. The van der Waals surface area contributed by atoms with Gasteiger partial charge in [0.05, 0.1) is 57.1 Å². The van der Waals surface area contributed by atoms with E-state index < -0.39 is 18.1 Å². The van der Waals surface area contributed by atoms with Gasteiger partial charge in [-0.15, -0.1) is 0 Å². The van der Waals surface area contributed by atoms with Crippen LogP contribution in [-0.2, 0) is 25.7 Å². The number of fused-ring (bicyclic) bond motifs is 18. The van der Waals surface area contributed by atoms with E-state index >= 15 is 0 Å². The van der Waals surface area contributed by atoms with Crippen LogP contribution < -0.4 is 43.6 Å². The second kappa shape index (κ2) is 19.6. The van der Waals surface area contributed by atoms with E-state index in [2.05, 4.69) is 64.1 Å². The van der Waals surface area contributed by atoms with Crippen molar-refractivity contribution < 1.29 is 53.2 Å². The molecule has 0 aromatic heterocycles. The number of nitriles is 2. The molecule has 4 aromatic rings. The Morgan fingerprint density at radius 3 is 1.42 bits per heavy atom. The number of hydrogen-bond donors (Lipinski definition) is 4. The van der Waals surface area contributed by atoms with Crippen LogP contribution >= 0.6 is 0 Å². The second-order valence-electron chi connectivity index (χ2n) is 21.1. The molecule has 4 aromatic carbocycles. The number of phenols is 2. The highest BCUT2D eigenvalue weighted by atomic mass is 16.7. The molecule has 400 valence electrons. The average Bonchev–Trinajstić information content (AvgIpc) is 4.14. The van der Waals surface area contributed by atoms with Crippen molar-refractivity contribution in [2.45, 2.75) is 114 Å². The number of aliphatic hydroxyl groups is 1. The molecule has 8 aliphatic heterocycles. The third kappa shape index (κ3) is 7.25. The zero-order valence-electron chi connectivity index (χ0n) is 44.4. The molecule has 0 radical (unpaired) electrons. The van der Waals surface area contributed by atoms with Crippen molar-refractivity contribution in [1.29, 1.82) is 10.5 Å². The van der Waals surface area contributed by atoms with Crippen molar-refractivity contribution in [3.05, 3.63) is 104 Å². The normalized spacial score (nSPS) is 27.1. The van der Waals surface area contributed by atoms with Crippen LogP contribution in [0.15, 0.2) is 37.4 Å². The number of benzene rings is 4. The smallest absolute Gasteiger partial charge is 0.231 e. The maximum absolute atomic E-state index is 11.5. The molecule has 18 nitrogen and oxygen atoms in total. The molecule has 2 unspecified atom stereocenters. The molecule has 12 rings (SSSR count). The second-order valence-corrected chi connectivity index (χ2v) is 21.1. The molecule has 10 atom stereocenters. The van der Waals surface area contributed by atoms with E-state index in [0.29, 0.717) is 85.7 Å². The number of aliphatic hydroxyl groups excluding tert-OH is 1. The molecule has 18 heteroatoms. The Balaban J connectivity index is 0.000000162. The quantitative estimate of drug-likeness (QED) is 0.132. The maximum Gasteiger partial charge on any atom is 0.231 e. The zero-order valence-corrected chi connectivity index (χ0v) is 44.4. The van der Waals surface area contributed by atoms with Gasteiger partial charge in [0.2, 0.25) is 13.6 Å². The third-order valence-electron chi connectivity index (χ3n) is 17.6. The van der Waals surface area contributed by atoms with Crippen molar-refractivity contribution in [2.75, 3.05) is 68.3 Å². The fourth-order valence-corrected chi connectivity index (χ4v) is 14.7. The van der Waals surface area contributed by atoms with Crippen LogP contribution in [0.5, 0.6) is 57.5 Å². The predicted molar refractivity (Wildman–Crippen MR) is 280 cm³/mol. The molecule has 0 amide bonds. The van der Waals surface area contributed by atoms with Crippen molar-refractivity contribution in [3.63, 3.8) is 0 Å². The molecule has 0 aliphatic carbocycles. The molecule has 2 saturated heterocycles. The number of hydrogen-bond acceptors (Lipinski definition) is 18. The van der Waals surface area contributed by atoms with Gasteiger partial charge in [-0.05, 0) is 89.7 Å². The lowest BCUT2D eigenvalue weighted by Gasteiger charge is -2.60. The van der Waals surface area contributed by atoms with E-state index in [1.807, 2.05) is 34.7 Å². The Morgan fingerprint density at radius 2 is 1.04 bits per heavy atom. The summed E-state index contributed by atoms with van der Waals surface area (Å²) in [6, 6.07) is 6.70. The number of aromatic hydroxyl groups is 2. The van der Waals surface area contributed by atoms with E-state index in [0.717, 1.165) is 72.5 Å². The number of methoxy groups -OCH3 is 2. The van der Waals surface area contributed by atoms with Gasteiger partial charge in [0.25, 0.3) is 0 Å². The lowest BCUT2D eigenvalue weighted by atomic mass is 9.71. The number of nitrogens with two attached hydrogens (primary N) is 1. The molecule has 8 heterocycles. The molecule has 2 fully saturated rings. The minimum absolute atomic E-state index is 0.0660. The summed E-state index contributed by atoms with van der Waals surface area (Å²) in [4.78, 5) is 8.88. The van der Waals surface area contributed by atoms with E-state index in [-0.39, 0.29) is 74.0 Å². The molecule has 76 heavy (non-hydrogen) atoms. The summed E-state index contributed by atoms with van der Waals surface area (Å²) < 4.78 is 47.4. The molecule has 0 saturated carbocycles. The number of ether oxygens (including phenoxy) is 8. The van der Waals surface area contributed by atoms with Gasteiger partial charge in [0, 0.05) is 75.2 Å². The number of piperazine rings is 2. The third-order valence-corrected chi connectivity index (χ3v) is 17.6. The summed E-state index contributed by atoms with van der Waals surface area (Å²) >= 11 is 0. The number of nitrogens with zero attached hydrogens (tertiary/aromatic N) is 6. The van der Waals surface area contributed by atoms with Gasteiger partial charge in [0.15, 0.2) is 46.0 Å². The van der Waals surface area contributed by atoms with E-state index in [9.17, 15) is 25.8 Å². The summed E-state index contributed by atoms with van der Waals surface area (Å²) in [5.41, 5.74) is 17.5. The highest BCUT2D eigenvalue weighted by Crippen LogP contribution is 2.61. The Hall–Kier alpha value is -6.90. The summed E-state index contributed by atoms with van der Waals surface area (Å²) in [6.45, 7) is 16.4. The van der Waals surface area contributed by atoms with E-state index in [1.54, 1.807) is 26.4 Å². The molecular weight excluding hydrogens is 971 g/mol. The number of aryl methyl sites for hydroxylation is 2. The number of phenolic OH excluding ortho intramolecular Hbond substituents is 2. The van der Waals surface area contributed by atoms with Crippen molar-refractivity contribution in [3.8, 4) is 69.6 Å². The highest BCUT2D eigenvalue weighted by Gasteiger charge is 2.59. The van der Waals surface area contributed by atoms with Gasteiger partial charge < -0.3 is 58.9 Å². The van der Waals surface area contributed by atoms with Crippen LogP contribution in [0.1, 0.15) is 90.9 Å². The molecule has 4 bridgehead atoms. The van der Waals surface area contributed by atoms with Crippen molar-refractivity contribution in [1.82, 2.24) is 19.6 Å². The van der Waals surface area contributed by atoms with Gasteiger partial charge in [-0.2, -0.15) is 10.5 Å². The first-order valence-corrected chi connectivity index (χ1v) is 26.0. The number of rotatable bonds is 10. The lowest BCUT2D eigenvalue weighted by Crippen LogP contribution is -2.68. The fraction of sp³-hybridized carbons (Fsp3) is 0.483. The zero-order chi connectivity index (χ0) is 53.8. The maximum atomic E-state index is 11.5. The largest absolute Gasteiger partial charge is 0.504 e. The first kappa shape index (κ1) is 51.2. The summed E-state index contributed by atoms with van der Waals surface area (Å²) in [5, 5.41) is 54.9. The topological polar surface area (TPSA) is 221 Å². The van der Waals surface area contributed by atoms with Crippen molar-refractivity contribution in [2.24, 2.45) is 5.73 Å². The first-order valence-electron chi connectivity index (χ1n) is 26.0. The van der Waals surface area contributed by atoms with Gasteiger partial charge in [-0.3, -0.25) is 19.6 Å². The minimum Gasteiger partial charge on any atom is -0.504 e. The highest BCUT2D eigenvalue weighted by molar-refractivity contribution is 5.68. The monoisotopic (exact) mass is 1040 g/mol. The van der Waals surface area contributed by atoms with Gasteiger partial charge >= 0.3 is 0 Å². The summed E-state index contributed by atoms with van der Waals surface area (Å²) in [6.07, 6.45) is 5.79. The molecular formula is C58H67N7O11. The predicted octanol–water partition coefficient (Wildman–Crippen LogP) is 6.12. The first-order chi connectivity index (χ1) is 36.7. The molecule has 5 N–H and O–H groups in total. The van der Waals surface area contributed by atoms with E-state index in [4.69, 9.17) is 43.6 Å². The Kier molecular flexibility index (Phi) is 13.2. The van der Waals surface area contributed by atoms with Crippen LogP contribution in [0.3, 0.4) is 0 Å². The van der Waals surface area contributed by atoms with Crippen molar-refractivity contribution >= 4 is 0 Å². The van der Waals surface area contributed by atoms with Crippen LogP contribution in [0, 0.1) is 50.4 Å². The van der Waals surface area contributed by atoms with Crippen LogP contribution in [-0.4, -0.2) is 139 Å². The van der Waals surface area contributed by atoms with E-state index in [1.165, 1.54) is 0 Å². The van der Waals surface area contributed by atoms with Crippen LogP contribution in [0.2, 0.25) is 0 Å². The molecule has 0 spiro atoms. The summed E-state index contributed by atoms with van der Waals surface area (Å²) in [5.74, 6) is 5.32. The fourth-order valence-electron chi connectivity index (χ4n) is 14.7. The summed E-state index contributed by atoms with van der Waals surface area (Å²) in [7, 11) is 7.22. The van der Waals surface area contributed by atoms with Gasteiger partial charge in [0.1, 0.15) is 36.8 Å². The Bertz CT molecular complexity index is 2940. The average molecular weight is 1040 g/mol. The van der Waals surface area contributed by atoms with Crippen LogP contribution in [0.25, 0.3) is 0 Å². The van der Waals surface area contributed by atoms with Gasteiger partial charge in [-0.25, -0.2) is 0 Å². The SMILES string of the molecule is C=CCOc1c(C)c2c(c3c1CC1[C@H]4c5c(cc(C)c(OC)c5O)C[C@@H]([C@H](C#N)N1[C@H]3CN)N4C)OCO2.C=CCOc1c(C)c2c(c3c1CC1[C@H]4c5c(cc(C)c(OC)c5O)C[C@@H]([C@H](C#N)N1[C@H]3CO)N4C)OCO2. The standard InChI is InChI=1S/C29H34N4O5.C29H33N3O6/c1-6-7-36-27-15(3)28-29(38-13-37-28)23-17(27)10-19-24-22-16(8-14(2)26(35-5)25(22)34)9-18(32(24)4)20(11-30)33(19)21(23)12-31;1-6-7-36-27-15(3)28-29(38-13-37-28)23-17(27)10-19-24-22-16(8-14(2)26(35-5)25(22)34)9-18(31(24)4)20(11-30)32(19)21(23)12-33/h6,8,18-21,24,34H,1,7,9-10,12-13,31H2,2-5H3;6,8,18-21,24,33-34H,1,7,9-10,12-13H2,2-5H3/t2*18-,19?,20-,21-,24-/m00/s1. The molecule has 8 aliphatic rings. The number of likely N-dealkylation sites (N-methyl/N-ethyl adjacent to an activating group) is 2. The van der Waals surface area contributed by atoms with Gasteiger partial charge in [-0.1, -0.05) is 37.4 Å².